The zero-order valence-corrected chi connectivity index (χ0v) is 11.7. The monoisotopic (exact) mass is 287 g/mol. The van der Waals surface area contributed by atoms with Crippen LogP contribution in [0.1, 0.15) is 5.69 Å². The maximum Gasteiger partial charge on any atom is 0.223 e. The number of aromatic nitrogens is 2. The van der Waals surface area contributed by atoms with Crippen LogP contribution in [-0.2, 0) is 11.3 Å². The van der Waals surface area contributed by atoms with Crippen molar-refractivity contribution >= 4 is 18.0 Å². The predicted molar refractivity (Wildman–Crippen MR) is 82.0 cm³/mol. The maximum absolute atomic E-state index is 9.89. The highest BCUT2D eigenvalue weighted by Gasteiger charge is 2.14. The molecule has 1 unspecified atom stereocenters. The fourth-order valence-electron chi connectivity index (χ4n) is 1.44. The Balaban J connectivity index is 2.37. The molecule has 2 N–H and O–H groups in total. The molecule has 1 heterocycles. The topological polar surface area (TPSA) is 82.4 Å². The minimum absolute atomic E-state index is 0.136. The van der Waals surface area contributed by atoms with Crippen LogP contribution in [0.2, 0.25) is 0 Å². The van der Waals surface area contributed by atoms with Crippen molar-refractivity contribution in [2.24, 2.45) is 4.99 Å². The summed E-state index contributed by atoms with van der Waals surface area (Å²) in [7, 11) is 0. The number of ether oxygens (including phenoxy) is 1. The lowest BCUT2D eigenvalue weighted by Gasteiger charge is -2.07. The maximum atomic E-state index is 9.89. The third kappa shape index (κ3) is 6.40. The molecule has 1 aromatic heterocycles. The molecule has 0 spiro atoms. The molecule has 0 amide bonds. The Kier molecular flexibility index (Phi) is 7.31. The molecule has 110 valence electrons. The minimum atomic E-state index is -0.670. The molecule has 0 aliphatic heterocycles. The zero-order chi connectivity index (χ0) is 15.5. The summed E-state index contributed by atoms with van der Waals surface area (Å²) < 4.78 is 7.00. The van der Waals surface area contributed by atoms with E-state index in [1.807, 2.05) is 4.57 Å². The molecule has 1 rings (SSSR count). The molecule has 0 aromatic carbocycles. The highest BCUT2D eigenvalue weighted by atomic mass is 16.5. The second-order valence-corrected chi connectivity index (χ2v) is 4.07. The van der Waals surface area contributed by atoms with Gasteiger partial charge >= 0.3 is 0 Å². The van der Waals surface area contributed by atoms with Gasteiger partial charge in [0.15, 0.2) is 12.7 Å². The summed E-state index contributed by atoms with van der Waals surface area (Å²) in [6, 6.07) is 0. The number of nitrogens with zero attached hydrogens (tertiary/aromatic N) is 3. The Morgan fingerprint density at radius 3 is 3.10 bits per heavy atom. The van der Waals surface area contributed by atoms with Crippen molar-refractivity contribution in [3.8, 4) is 0 Å². The average molecular weight is 287 g/mol. The van der Waals surface area contributed by atoms with Gasteiger partial charge in [-0.1, -0.05) is 13.2 Å². The van der Waals surface area contributed by atoms with Crippen molar-refractivity contribution < 1.29 is 14.4 Å². The normalized spacial score (nSPS) is 12.4. The van der Waals surface area contributed by atoms with Crippen LogP contribution in [0, 0.1) is 5.41 Å². The molecule has 6 heteroatoms. The zero-order valence-electron chi connectivity index (χ0n) is 11.7. The average Bonchev–Trinajstić information content (AvgIpc) is 2.50. The highest BCUT2D eigenvalue weighted by molar-refractivity contribution is 6.34. The van der Waals surface area contributed by atoms with E-state index in [0.717, 1.165) is 5.69 Å². The molecule has 0 bridgehead atoms. The Bertz CT molecular complexity index is 552. The van der Waals surface area contributed by atoms with Crippen LogP contribution in [0.4, 0.5) is 0 Å². The van der Waals surface area contributed by atoms with Crippen molar-refractivity contribution in [2.75, 3.05) is 6.61 Å². The molecule has 1 atom stereocenters. The van der Waals surface area contributed by atoms with Gasteiger partial charge in [-0.3, -0.25) is 15.4 Å². The van der Waals surface area contributed by atoms with E-state index in [2.05, 4.69) is 23.1 Å². The fraction of sp³-hybridized carbons (Fsp3) is 0.200. The van der Waals surface area contributed by atoms with Crippen molar-refractivity contribution in [3.63, 3.8) is 0 Å². The SMILES string of the molecule is C=CC(=N)C=N/C=C\OCC(O)C[n+]1ccncc1C=C. The van der Waals surface area contributed by atoms with Gasteiger partial charge in [-0.25, -0.2) is 0 Å². The molecule has 0 fully saturated rings. The molecule has 0 saturated heterocycles. The van der Waals surface area contributed by atoms with Gasteiger partial charge in [0, 0.05) is 6.08 Å². The molecule has 0 aliphatic rings. The van der Waals surface area contributed by atoms with E-state index in [1.54, 1.807) is 24.7 Å². The van der Waals surface area contributed by atoms with Gasteiger partial charge in [0.25, 0.3) is 0 Å². The van der Waals surface area contributed by atoms with Gasteiger partial charge in [0.2, 0.25) is 5.69 Å². The molecule has 6 nitrogen and oxygen atoms in total. The Labute approximate surface area is 124 Å². The van der Waals surface area contributed by atoms with Gasteiger partial charge in [0.1, 0.15) is 19.0 Å². The van der Waals surface area contributed by atoms with Gasteiger partial charge in [0.05, 0.1) is 30.5 Å². The fourth-order valence-corrected chi connectivity index (χ4v) is 1.44. The number of allylic oxidation sites excluding steroid dienone is 1. The van der Waals surface area contributed by atoms with Gasteiger partial charge in [-0.15, -0.1) is 0 Å². The summed E-state index contributed by atoms with van der Waals surface area (Å²) in [6.07, 6.45) is 11.6. The van der Waals surface area contributed by atoms with Crippen molar-refractivity contribution in [2.45, 2.75) is 12.6 Å². The molecular formula is C15H19N4O2+. The summed E-state index contributed by atoms with van der Waals surface area (Å²) in [5.41, 5.74) is 1.03. The van der Waals surface area contributed by atoms with Crippen LogP contribution in [0.25, 0.3) is 6.08 Å². The molecular weight excluding hydrogens is 268 g/mol. The van der Waals surface area contributed by atoms with Crippen LogP contribution < -0.4 is 4.57 Å². The van der Waals surface area contributed by atoms with E-state index < -0.39 is 6.10 Å². The third-order valence-corrected chi connectivity index (χ3v) is 2.45. The highest BCUT2D eigenvalue weighted by Crippen LogP contribution is 1.93. The molecule has 0 saturated carbocycles. The number of nitrogens with one attached hydrogen (secondary N) is 1. The standard InChI is InChI=1S/C15H19N4O2/c1-3-13(16)9-18-6-8-21-12-15(20)11-19-7-5-17-10-14(19)4-2/h3-10,15-16,20H,1-2,11-12H2/q+1/b8-6-,16-13?,18-9?. The first kappa shape index (κ1) is 16.5. The van der Waals surface area contributed by atoms with Gasteiger partial charge < -0.3 is 9.84 Å². The lowest BCUT2D eigenvalue weighted by atomic mass is 10.3. The lowest BCUT2D eigenvalue weighted by molar-refractivity contribution is -0.705. The second-order valence-electron chi connectivity index (χ2n) is 4.07. The first-order valence-electron chi connectivity index (χ1n) is 6.32. The van der Waals surface area contributed by atoms with E-state index in [1.165, 1.54) is 24.8 Å². The summed E-state index contributed by atoms with van der Waals surface area (Å²) in [6.45, 7) is 7.64. The quantitative estimate of drug-likeness (QED) is 0.406. The van der Waals surface area contributed by atoms with Crippen LogP contribution in [-0.4, -0.2) is 34.7 Å². The van der Waals surface area contributed by atoms with Crippen LogP contribution in [0.15, 0.2) is 55.3 Å². The van der Waals surface area contributed by atoms with Crippen LogP contribution >= 0.6 is 0 Å². The molecule has 0 aliphatic carbocycles. The Hall–Kier alpha value is -2.60. The Morgan fingerprint density at radius 2 is 2.38 bits per heavy atom. The van der Waals surface area contributed by atoms with Crippen molar-refractivity contribution in [1.82, 2.24) is 4.98 Å². The van der Waals surface area contributed by atoms with Crippen molar-refractivity contribution in [3.05, 3.63) is 56.0 Å². The predicted octanol–water partition coefficient (Wildman–Crippen LogP) is 1.14. The first-order chi connectivity index (χ1) is 10.2. The smallest absolute Gasteiger partial charge is 0.223 e. The number of aliphatic hydroxyl groups is 1. The van der Waals surface area contributed by atoms with E-state index in [4.69, 9.17) is 10.1 Å². The van der Waals surface area contributed by atoms with Crippen molar-refractivity contribution in [1.29, 1.82) is 5.41 Å². The number of hydrogen-bond acceptors (Lipinski definition) is 5. The summed E-state index contributed by atoms with van der Waals surface area (Å²) >= 11 is 0. The third-order valence-electron chi connectivity index (χ3n) is 2.45. The number of rotatable bonds is 9. The lowest BCUT2D eigenvalue weighted by Crippen LogP contribution is -2.43. The molecule has 1 aromatic rings. The molecule has 21 heavy (non-hydrogen) atoms. The largest absolute Gasteiger partial charge is 0.497 e. The summed E-state index contributed by atoms with van der Waals surface area (Å²) in [4.78, 5) is 7.80. The first-order valence-corrected chi connectivity index (χ1v) is 6.32. The van der Waals surface area contributed by atoms with Gasteiger partial charge in [-0.05, 0) is 6.08 Å². The summed E-state index contributed by atoms with van der Waals surface area (Å²) in [5, 5.41) is 17.1. The van der Waals surface area contributed by atoms with E-state index >= 15 is 0 Å². The number of aliphatic hydroxyl groups excluding tert-OH is 1. The van der Waals surface area contributed by atoms with E-state index in [9.17, 15) is 5.11 Å². The summed E-state index contributed by atoms with van der Waals surface area (Å²) in [5.74, 6) is 0. The number of hydrogen-bond donors (Lipinski definition) is 2. The van der Waals surface area contributed by atoms with E-state index in [-0.39, 0.29) is 12.3 Å². The van der Waals surface area contributed by atoms with E-state index in [0.29, 0.717) is 6.54 Å². The second kappa shape index (κ2) is 9.33. The van der Waals surface area contributed by atoms with Crippen LogP contribution in [0.3, 0.4) is 0 Å². The minimum Gasteiger partial charge on any atom is -0.497 e. The van der Waals surface area contributed by atoms with Crippen LogP contribution in [0.5, 0.6) is 0 Å². The number of aliphatic imine (C=N–C) groups is 1. The molecule has 0 radical (unpaired) electrons. The van der Waals surface area contributed by atoms with Gasteiger partial charge in [-0.2, -0.15) is 4.57 Å². The Morgan fingerprint density at radius 1 is 1.57 bits per heavy atom.